The smallest absolute Gasteiger partial charge is 0.000116 e. The molecule has 0 heterocycles. The molecule has 9 rings (SSSR count). The first kappa shape index (κ1) is 43.0. The van der Waals surface area contributed by atoms with Gasteiger partial charge in [0.1, 0.15) is 0 Å². The van der Waals surface area contributed by atoms with Crippen LogP contribution in [-0.4, -0.2) is 0 Å². The maximum absolute atomic E-state index is 3.35. The van der Waals surface area contributed by atoms with E-state index in [4.69, 9.17) is 0 Å². The molecule has 0 atom stereocenters. The van der Waals surface area contributed by atoms with E-state index in [1.807, 2.05) is 0 Å². The molecule has 64 heavy (non-hydrogen) atoms. The zero-order valence-electron chi connectivity index (χ0n) is 40.1. The minimum Gasteiger partial charge on any atom is -0.0622 e. The van der Waals surface area contributed by atoms with Gasteiger partial charge in [-0.25, -0.2) is 0 Å². The Labute approximate surface area is 383 Å². The molecule has 1 radical (unpaired) electrons. The third-order valence-electron chi connectivity index (χ3n) is 13.4. The third-order valence-corrected chi connectivity index (χ3v) is 13.4. The fourth-order valence-electron chi connectivity index (χ4n) is 9.94. The maximum Gasteiger partial charge on any atom is -0.000116 e. The van der Waals surface area contributed by atoms with Crippen molar-refractivity contribution in [3.8, 4) is 55.6 Å². The highest BCUT2D eigenvalue weighted by atomic mass is 14.3. The Balaban J connectivity index is 1.68. The first-order valence-corrected chi connectivity index (χ1v) is 23.2. The average Bonchev–Trinajstić information content (AvgIpc) is 3.26. The zero-order valence-corrected chi connectivity index (χ0v) is 40.1. The van der Waals surface area contributed by atoms with E-state index in [-0.39, 0.29) is 21.7 Å². The summed E-state index contributed by atoms with van der Waals surface area (Å²) >= 11 is 0. The predicted molar refractivity (Wildman–Crippen MR) is 280 cm³/mol. The van der Waals surface area contributed by atoms with E-state index in [0.717, 1.165) is 0 Å². The van der Waals surface area contributed by atoms with Gasteiger partial charge in [0.15, 0.2) is 0 Å². The van der Waals surface area contributed by atoms with Crippen molar-refractivity contribution >= 4 is 32.3 Å². The molecule has 9 aromatic carbocycles. The van der Waals surface area contributed by atoms with Crippen LogP contribution < -0.4 is 0 Å². The maximum atomic E-state index is 3.35. The molecule has 9 aromatic rings. The van der Waals surface area contributed by atoms with E-state index in [0.29, 0.717) is 0 Å². The summed E-state index contributed by atoms with van der Waals surface area (Å²) in [5.74, 6) is 0. The monoisotopic (exact) mass is 831 g/mol. The molecule has 0 bridgehead atoms. The van der Waals surface area contributed by atoms with Gasteiger partial charge in [-0.05, 0) is 144 Å². The van der Waals surface area contributed by atoms with E-state index in [2.05, 4.69) is 253 Å². The van der Waals surface area contributed by atoms with Gasteiger partial charge in [0.05, 0.1) is 0 Å². The number of hydrogen-bond donors (Lipinski definition) is 0. The minimum atomic E-state index is -0.145. The fourth-order valence-corrected chi connectivity index (χ4v) is 9.94. The normalized spacial score (nSPS) is 12.7. The summed E-state index contributed by atoms with van der Waals surface area (Å²) in [6.45, 7) is 27.9. The van der Waals surface area contributed by atoms with Crippen molar-refractivity contribution in [1.82, 2.24) is 0 Å². The van der Waals surface area contributed by atoms with Crippen LogP contribution in [0.1, 0.15) is 105 Å². The van der Waals surface area contributed by atoms with Gasteiger partial charge in [-0.15, -0.1) is 0 Å². The van der Waals surface area contributed by atoms with Crippen LogP contribution in [0.3, 0.4) is 0 Å². The summed E-state index contributed by atoms with van der Waals surface area (Å²) in [5.41, 5.74) is 17.6. The molecule has 0 aliphatic carbocycles. The molecule has 0 nitrogen and oxygen atoms in total. The first-order chi connectivity index (χ1) is 30.3. The first-order valence-electron chi connectivity index (χ1n) is 23.2. The van der Waals surface area contributed by atoms with Crippen molar-refractivity contribution in [2.75, 3.05) is 0 Å². The van der Waals surface area contributed by atoms with Crippen molar-refractivity contribution in [3.63, 3.8) is 0 Å². The van der Waals surface area contributed by atoms with E-state index in [9.17, 15) is 0 Å². The third kappa shape index (κ3) is 7.66. The Morgan fingerprint density at radius 2 is 0.672 bits per heavy atom. The Morgan fingerprint density at radius 1 is 0.281 bits per heavy atom. The molecule has 0 N–H and O–H groups in total. The van der Waals surface area contributed by atoms with Crippen LogP contribution in [0.2, 0.25) is 0 Å². The SMILES string of the molecule is CC(C)(C)c1ccc(-c2c3ccc(C(C)(C)C)cc3c(-c3ccccc3)c3c(-c4ccc(C(C)(C)C)cc4)c4ccc(C(C)(C)C)c(-c5cc[c]cc5)c4c(-c4ccccc4)c23)cc1. The van der Waals surface area contributed by atoms with Crippen LogP contribution in [0, 0.1) is 6.07 Å². The van der Waals surface area contributed by atoms with Gasteiger partial charge in [-0.3, -0.25) is 0 Å². The molecule has 0 saturated heterocycles. The summed E-state index contributed by atoms with van der Waals surface area (Å²) in [4.78, 5) is 0. The van der Waals surface area contributed by atoms with Gasteiger partial charge in [-0.2, -0.15) is 0 Å². The van der Waals surface area contributed by atoms with Gasteiger partial charge in [-0.1, -0.05) is 241 Å². The molecule has 0 aliphatic rings. The Kier molecular flexibility index (Phi) is 10.6. The number of benzene rings is 9. The lowest BCUT2D eigenvalue weighted by Gasteiger charge is -2.30. The Morgan fingerprint density at radius 3 is 1.16 bits per heavy atom. The van der Waals surface area contributed by atoms with Gasteiger partial charge in [0.2, 0.25) is 0 Å². The Hall–Kier alpha value is -6.24. The lowest BCUT2D eigenvalue weighted by Crippen LogP contribution is -2.13. The van der Waals surface area contributed by atoms with E-state index >= 15 is 0 Å². The molecule has 0 fully saturated rings. The highest BCUT2D eigenvalue weighted by molar-refractivity contribution is 6.35. The lowest BCUT2D eigenvalue weighted by molar-refractivity contribution is 0.590. The zero-order chi connectivity index (χ0) is 45.3. The van der Waals surface area contributed by atoms with E-state index < -0.39 is 0 Å². The van der Waals surface area contributed by atoms with E-state index in [1.165, 1.54) is 110 Å². The largest absolute Gasteiger partial charge is 0.0622 e. The molecule has 0 unspecified atom stereocenters. The summed E-state index contributed by atoms with van der Waals surface area (Å²) in [7, 11) is 0. The fraction of sp³-hybridized carbons (Fsp3) is 0.250. The van der Waals surface area contributed by atoms with Crippen LogP contribution in [0.4, 0.5) is 0 Å². The topological polar surface area (TPSA) is 0 Å². The molecule has 0 heteroatoms. The number of fused-ring (bicyclic) bond motifs is 3. The molecule has 0 aliphatic heterocycles. The van der Waals surface area contributed by atoms with Crippen LogP contribution in [0.15, 0.2) is 164 Å². The number of hydrogen-bond acceptors (Lipinski definition) is 0. The van der Waals surface area contributed by atoms with Crippen molar-refractivity contribution in [2.45, 2.75) is 105 Å². The standard InChI is InChI=1S/C64H63/c1-61(2,3)46-32-28-44(29-33-46)53-49-37-36-48(63(7,8)9)40-51(49)55(41-22-16-13-17-23-41)59-54(45-30-34-47(35-31-45)62(4,5)6)50-38-39-52(64(10,11)12)56(42-24-18-14-19-25-42)58(50)57(60(53)59)43-26-20-15-21-27-43/h13,15-40H,1-12H3. The molecular weight excluding hydrogens is 769 g/mol. The average molecular weight is 832 g/mol. The van der Waals surface area contributed by atoms with Crippen LogP contribution in [0.25, 0.3) is 88.0 Å². The quantitative estimate of drug-likeness (QED) is 0.152. The molecule has 0 aromatic heterocycles. The number of rotatable bonds is 5. The highest BCUT2D eigenvalue weighted by Crippen LogP contribution is 2.56. The van der Waals surface area contributed by atoms with Gasteiger partial charge < -0.3 is 0 Å². The van der Waals surface area contributed by atoms with Gasteiger partial charge >= 0.3 is 0 Å². The van der Waals surface area contributed by atoms with Crippen molar-refractivity contribution in [3.05, 3.63) is 192 Å². The Bertz CT molecular complexity index is 3160. The van der Waals surface area contributed by atoms with Crippen LogP contribution in [0.5, 0.6) is 0 Å². The van der Waals surface area contributed by atoms with Gasteiger partial charge in [0, 0.05) is 0 Å². The molecule has 0 spiro atoms. The van der Waals surface area contributed by atoms with Crippen molar-refractivity contribution in [2.24, 2.45) is 0 Å². The second-order valence-corrected chi connectivity index (χ2v) is 22.1. The molecule has 319 valence electrons. The van der Waals surface area contributed by atoms with Crippen LogP contribution in [-0.2, 0) is 21.7 Å². The summed E-state index contributed by atoms with van der Waals surface area (Å²) < 4.78 is 0. The summed E-state index contributed by atoms with van der Waals surface area (Å²) in [5, 5.41) is 7.63. The molecule has 0 saturated carbocycles. The van der Waals surface area contributed by atoms with Gasteiger partial charge in [0.25, 0.3) is 0 Å². The summed E-state index contributed by atoms with van der Waals surface area (Å²) in [6, 6.07) is 65.7. The summed E-state index contributed by atoms with van der Waals surface area (Å²) in [6.07, 6.45) is 0. The highest BCUT2D eigenvalue weighted by Gasteiger charge is 2.31. The van der Waals surface area contributed by atoms with Crippen molar-refractivity contribution in [1.29, 1.82) is 0 Å². The second-order valence-electron chi connectivity index (χ2n) is 22.1. The second kappa shape index (κ2) is 15.8. The van der Waals surface area contributed by atoms with Crippen LogP contribution >= 0.6 is 0 Å². The predicted octanol–water partition coefficient (Wildman–Crippen LogP) is 18.5. The molecular formula is C64H63. The lowest BCUT2D eigenvalue weighted by atomic mass is 9.73. The minimum absolute atomic E-state index is 0.0140. The van der Waals surface area contributed by atoms with E-state index in [1.54, 1.807) is 0 Å². The van der Waals surface area contributed by atoms with Crippen molar-refractivity contribution < 1.29 is 0 Å². The molecule has 0 amide bonds.